The SMILES string of the molecule is CCOC(=O)c1ccc(N(CC(=O)O)C2CC2)nc1. The highest BCUT2D eigenvalue weighted by Crippen LogP contribution is 2.30. The van der Waals surface area contributed by atoms with Crippen LogP contribution in [0, 0.1) is 0 Å². The minimum absolute atomic E-state index is 0.0730. The van der Waals surface area contributed by atoms with Gasteiger partial charge in [0, 0.05) is 12.2 Å². The van der Waals surface area contributed by atoms with E-state index in [2.05, 4.69) is 4.98 Å². The fourth-order valence-corrected chi connectivity index (χ4v) is 1.82. The van der Waals surface area contributed by atoms with Crippen molar-refractivity contribution >= 4 is 17.8 Å². The molecule has 1 fully saturated rings. The predicted molar refractivity (Wildman–Crippen MR) is 68.2 cm³/mol. The topological polar surface area (TPSA) is 79.7 Å². The Bertz CT molecular complexity index is 468. The predicted octanol–water partition coefficient (Wildman–Crippen LogP) is 1.31. The number of carboxylic acids is 1. The lowest BCUT2D eigenvalue weighted by Crippen LogP contribution is -2.32. The molecule has 1 aromatic heterocycles. The van der Waals surface area contributed by atoms with E-state index in [0.717, 1.165) is 12.8 Å². The number of esters is 1. The number of rotatable bonds is 6. The van der Waals surface area contributed by atoms with Gasteiger partial charge in [0.25, 0.3) is 0 Å². The average molecular weight is 264 g/mol. The summed E-state index contributed by atoms with van der Waals surface area (Å²) in [7, 11) is 0. The maximum atomic E-state index is 11.5. The number of carboxylic acid groups (broad SMARTS) is 1. The van der Waals surface area contributed by atoms with Gasteiger partial charge in [-0.15, -0.1) is 0 Å². The average Bonchev–Trinajstić information content (AvgIpc) is 3.20. The highest BCUT2D eigenvalue weighted by molar-refractivity contribution is 5.89. The molecule has 0 radical (unpaired) electrons. The zero-order chi connectivity index (χ0) is 13.8. The third-order valence-electron chi connectivity index (χ3n) is 2.85. The maximum Gasteiger partial charge on any atom is 0.339 e. The van der Waals surface area contributed by atoms with Crippen LogP contribution in [0.4, 0.5) is 5.82 Å². The Kier molecular flexibility index (Phi) is 3.99. The molecule has 1 aromatic rings. The van der Waals surface area contributed by atoms with Crippen molar-refractivity contribution in [1.29, 1.82) is 0 Å². The summed E-state index contributed by atoms with van der Waals surface area (Å²) >= 11 is 0. The van der Waals surface area contributed by atoms with Crippen LogP contribution in [-0.2, 0) is 9.53 Å². The molecular weight excluding hydrogens is 248 g/mol. The second kappa shape index (κ2) is 5.69. The summed E-state index contributed by atoms with van der Waals surface area (Å²) in [5.41, 5.74) is 0.372. The van der Waals surface area contributed by atoms with Gasteiger partial charge >= 0.3 is 11.9 Å². The molecule has 0 atom stereocenters. The van der Waals surface area contributed by atoms with Crippen LogP contribution < -0.4 is 4.90 Å². The Balaban J connectivity index is 2.11. The van der Waals surface area contributed by atoms with E-state index < -0.39 is 11.9 Å². The van der Waals surface area contributed by atoms with Gasteiger partial charge < -0.3 is 14.7 Å². The van der Waals surface area contributed by atoms with E-state index in [0.29, 0.717) is 18.0 Å². The van der Waals surface area contributed by atoms with Crippen molar-refractivity contribution in [2.24, 2.45) is 0 Å². The van der Waals surface area contributed by atoms with E-state index in [4.69, 9.17) is 9.84 Å². The van der Waals surface area contributed by atoms with Gasteiger partial charge in [-0.3, -0.25) is 4.79 Å². The number of carbonyl (C=O) groups excluding carboxylic acids is 1. The summed E-state index contributed by atoms with van der Waals surface area (Å²) in [6, 6.07) is 3.52. The molecule has 6 nitrogen and oxygen atoms in total. The van der Waals surface area contributed by atoms with Crippen LogP contribution in [0.1, 0.15) is 30.1 Å². The van der Waals surface area contributed by atoms with E-state index in [1.807, 2.05) is 0 Å². The molecule has 0 spiro atoms. The first-order valence-corrected chi connectivity index (χ1v) is 6.23. The highest BCUT2D eigenvalue weighted by atomic mass is 16.5. The highest BCUT2D eigenvalue weighted by Gasteiger charge is 2.31. The number of pyridine rings is 1. The molecule has 0 aromatic carbocycles. The van der Waals surface area contributed by atoms with Crippen LogP contribution in [0.25, 0.3) is 0 Å². The number of ether oxygens (including phenoxy) is 1. The molecule has 2 rings (SSSR count). The summed E-state index contributed by atoms with van der Waals surface area (Å²) in [6.07, 6.45) is 3.38. The van der Waals surface area contributed by atoms with Gasteiger partial charge in [0.1, 0.15) is 12.4 Å². The smallest absolute Gasteiger partial charge is 0.339 e. The number of hydrogen-bond acceptors (Lipinski definition) is 5. The number of aliphatic carboxylic acids is 1. The number of anilines is 1. The van der Waals surface area contributed by atoms with E-state index in [1.54, 1.807) is 24.0 Å². The standard InChI is InChI=1S/C13H16N2O4/c1-2-19-13(18)9-3-6-11(14-7-9)15(8-12(16)17)10-4-5-10/h3,6-7,10H,2,4-5,8H2,1H3,(H,16,17). The minimum atomic E-state index is -0.886. The second-order valence-corrected chi connectivity index (χ2v) is 4.38. The summed E-state index contributed by atoms with van der Waals surface area (Å²) in [5, 5.41) is 8.89. The summed E-state index contributed by atoms with van der Waals surface area (Å²) in [6.45, 7) is 1.98. The summed E-state index contributed by atoms with van der Waals surface area (Å²) in [5.74, 6) is -0.723. The largest absolute Gasteiger partial charge is 0.480 e. The molecule has 0 aliphatic heterocycles. The Morgan fingerprint density at radius 3 is 2.68 bits per heavy atom. The van der Waals surface area contributed by atoms with Crippen molar-refractivity contribution in [2.45, 2.75) is 25.8 Å². The van der Waals surface area contributed by atoms with Crippen LogP contribution in [0.3, 0.4) is 0 Å². The molecule has 1 aliphatic carbocycles. The summed E-state index contributed by atoms with van der Waals surface area (Å²) < 4.78 is 4.87. The van der Waals surface area contributed by atoms with Gasteiger partial charge in [-0.1, -0.05) is 0 Å². The molecule has 0 amide bonds. The molecule has 19 heavy (non-hydrogen) atoms. The first-order chi connectivity index (χ1) is 9.11. The van der Waals surface area contributed by atoms with Gasteiger partial charge in [-0.25, -0.2) is 9.78 Å². The normalized spacial score (nSPS) is 13.9. The molecule has 102 valence electrons. The Hall–Kier alpha value is -2.11. The molecule has 1 saturated carbocycles. The number of hydrogen-bond donors (Lipinski definition) is 1. The van der Waals surface area contributed by atoms with Crippen LogP contribution in [-0.4, -0.2) is 41.2 Å². The monoisotopic (exact) mass is 264 g/mol. The Morgan fingerprint density at radius 1 is 1.47 bits per heavy atom. The first-order valence-electron chi connectivity index (χ1n) is 6.23. The Labute approximate surface area is 111 Å². The first kappa shape index (κ1) is 13.3. The third-order valence-corrected chi connectivity index (χ3v) is 2.85. The van der Waals surface area contributed by atoms with E-state index in [1.165, 1.54) is 6.20 Å². The lowest BCUT2D eigenvalue weighted by atomic mass is 10.3. The lowest BCUT2D eigenvalue weighted by Gasteiger charge is -2.21. The molecule has 0 bridgehead atoms. The molecule has 1 N–H and O–H groups in total. The van der Waals surface area contributed by atoms with E-state index >= 15 is 0 Å². The maximum absolute atomic E-state index is 11.5. The Morgan fingerprint density at radius 2 is 2.21 bits per heavy atom. The van der Waals surface area contributed by atoms with Gasteiger partial charge in [0.05, 0.1) is 12.2 Å². The molecular formula is C13H16N2O4. The van der Waals surface area contributed by atoms with Gasteiger partial charge in [0.15, 0.2) is 0 Å². The summed E-state index contributed by atoms with van der Waals surface area (Å²) in [4.78, 5) is 28.2. The van der Waals surface area contributed by atoms with Crippen molar-refractivity contribution < 1.29 is 19.4 Å². The molecule has 0 unspecified atom stereocenters. The van der Waals surface area contributed by atoms with Crippen molar-refractivity contribution in [2.75, 3.05) is 18.1 Å². The lowest BCUT2D eigenvalue weighted by molar-refractivity contribution is -0.135. The molecule has 1 heterocycles. The molecule has 1 aliphatic rings. The van der Waals surface area contributed by atoms with E-state index in [9.17, 15) is 9.59 Å². The van der Waals surface area contributed by atoms with Crippen molar-refractivity contribution in [1.82, 2.24) is 4.98 Å². The molecule has 6 heteroatoms. The fourth-order valence-electron chi connectivity index (χ4n) is 1.82. The van der Waals surface area contributed by atoms with Crippen LogP contribution in [0.5, 0.6) is 0 Å². The van der Waals surface area contributed by atoms with Crippen molar-refractivity contribution in [3.8, 4) is 0 Å². The third kappa shape index (κ3) is 3.43. The minimum Gasteiger partial charge on any atom is -0.480 e. The van der Waals surface area contributed by atoms with Gasteiger partial charge in [0.2, 0.25) is 0 Å². The fraction of sp³-hybridized carbons (Fsp3) is 0.462. The van der Waals surface area contributed by atoms with Crippen LogP contribution in [0.15, 0.2) is 18.3 Å². The van der Waals surface area contributed by atoms with Gasteiger partial charge in [-0.05, 0) is 31.9 Å². The quantitative estimate of drug-likeness (QED) is 0.780. The zero-order valence-corrected chi connectivity index (χ0v) is 10.7. The number of carbonyl (C=O) groups is 2. The van der Waals surface area contributed by atoms with E-state index in [-0.39, 0.29) is 12.6 Å². The van der Waals surface area contributed by atoms with Crippen molar-refractivity contribution in [3.63, 3.8) is 0 Å². The number of nitrogens with zero attached hydrogens (tertiary/aromatic N) is 2. The van der Waals surface area contributed by atoms with Crippen LogP contribution in [0.2, 0.25) is 0 Å². The van der Waals surface area contributed by atoms with Gasteiger partial charge in [-0.2, -0.15) is 0 Å². The zero-order valence-electron chi connectivity index (χ0n) is 10.7. The van der Waals surface area contributed by atoms with Crippen LogP contribution >= 0.6 is 0 Å². The number of aromatic nitrogens is 1. The second-order valence-electron chi connectivity index (χ2n) is 4.38. The van der Waals surface area contributed by atoms with Crippen molar-refractivity contribution in [3.05, 3.63) is 23.9 Å². The molecule has 0 saturated heterocycles.